The van der Waals surface area contributed by atoms with Crippen LogP contribution < -0.4 is 10.1 Å². The van der Waals surface area contributed by atoms with E-state index in [9.17, 15) is 14.4 Å². The van der Waals surface area contributed by atoms with Crippen molar-refractivity contribution in [2.45, 2.75) is 6.92 Å². The number of methoxy groups -OCH3 is 1. The number of rotatable bonds is 3. The lowest BCUT2D eigenvalue weighted by molar-refractivity contribution is 0.0979. The number of amides is 1. The van der Waals surface area contributed by atoms with Crippen molar-refractivity contribution in [2.75, 3.05) is 12.4 Å². The zero-order chi connectivity index (χ0) is 20.7. The molecule has 5 nitrogen and oxygen atoms in total. The molecule has 1 N–H and O–H groups in total. The van der Waals surface area contributed by atoms with Gasteiger partial charge in [-0.05, 0) is 42.8 Å². The van der Waals surface area contributed by atoms with Gasteiger partial charge in [-0.2, -0.15) is 0 Å². The number of fused-ring (bicyclic) bond motifs is 2. The lowest BCUT2D eigenvalue weighted by atomic mass is 9.84. The van der Waals surface area contributed by atoms with Crippen LogP contribution >= 0.6 is 15.9 Å². The standard InChI is InChI=1S/C23H16BrNO4/c1-12-9-13(24)10-19(22(12)29-2)23(28)25-14-7-8-17-18(11-14)21(27)16-6-4-3-5-15(16)20(17)26/h3-11H,1-2H3,(H,25,28). The summed E-state index contributed by atoms with van der Waals surface area (Å²) in [5.74, 6) is -0.329. The van der Waals surface area contributed by atoms with E-state index < -0.39 is 0 Å². The van der Waals surface area contributed by atoms with Gasteiger partial charge in [-0.15, -0.1) is 0 Å². The molecule has 0 radical (unpaired) electrons. The van der Waals surface area contributed by atoms with Gasteiger partial charge in [0.15, 0.2) is 11.6 Å². The molecule has 1 aliphatic carbocycles. The quantitative estimate of drug-likeness (QED) is 0.487. The number of ether oxygens (including phenoxy) is 1. The van der Waals surface area contributed by atoms with E-state index in [0.29, 0.717) is 33.7 Å². The number of carbonyl (C=O) groups is 3. The number of carbonyl (C=O) groups excluding carboxylic acids is 3. The summed E-state index contributed by atoms with van der Waals surface area (Å²) in [6, 6.07) is 15.0. The number of aryl methyl sites for hydroxylation is 1. The third kappa shape index (κ3) is 3.25. The minimum Gasteiger partial charge on any atom is -0.496 e. The summed E-state index contributed by atoms with van der Waals surface area (Å²) >= 11 is 3.39. The van der Waals surface area contributed by atoms with Crippen molar-refractivity contribution in [2.24, 2.45) is 0 Å². The molecule has 6 heteroatoms. The van der Waals surface area contributed by atoms with Crippen LogP contribution in [-0.4, -0.2) is 24.6 Å². The Hall–Kier alpha value is -3.25. The monoisotopic (exact) mass is 449 g/mol. The number of benzene rings is 3. The van der Waals surface area contributed by atoms with Gasteiger partial charge in [-0.3, -0.25) is 14.4 Å². The highest BCUT2D eigenvalue weighted by Gasteiger charge is 2.29. The summed E-state index contributed by atoms with van der Waals surface area (Å²) in [6.45, 7) is 1.85. The fourth-order valence-corrected chi connectivity index (χ4v) is 4.12. The van der Waals surface area contributed by atoms with Gasteiger partial charge in [-0.25, -0.2) is 0 Å². The first-order valence-electron chi connectivity index (χ1n) is 8.88. The SMILES string of the molecule is COc1c(C)cc(Br)cc1C(=O)Nc1ccc2c(c1)C(=O)c1ccccc1C2=O. The summed E-state index contributed by atoms with van der Waals surface area (Å²) in [5.41, 5.74) is 2.99. The topological polar surface area (TPSA) is 72.5 Å². The van der Waals surface area contributed by atoms with Crippen LogP contribution in [0.3, 0.4) is 0 Å². The highest BCUT2D eigenvalue weighted by molar-refractivity contribution is 9.10. The average Bonchev–Trinajstić information content (AvgIpc) is 2.71. The lowest BCUT2D eigenvalue weighted by Crippen LogP contribution is -2.21. The smallest absolute Gasteiger partial charge is 0.259 e. The Morgan fingerprint density at radius 3 is 2.17 bits per heavy atom. The molecule has 0 heterocycles. The molecule has 1 amide bonds. The molecule has 0 unspecified atom stereocenters. The highest BCUT2D eigenvalue weighted by Crippen LogP contribution is 2.31. The average molecular weight is 450 g/mol. The molecule has 0 saturated heterocycles. The van der Waals surface area contributed by atoms with Gasteiger partial charge in [0.25, 0.3) is 5.91 Å². The van der Waals surface area contributed by atoms with E-state index >= 15 is 0 Å². The van der Waals surface area contributed by atoms with E-state index in [-0.39, 0.29) is 23.0 Å². The minimum absolute atomic E-state index is 0.197. The first kappa shape index (κ1) is 19.1. The second-order valence-corrected chi connectivity index (χ2v) is 7.64. The molecule has 3 aromatic carbocycles. The van der Waals surface area contributed by atoms with Crippen LogP contribution in [0.4, 0.5) is 5.69 Å². The first-order chi connectivity index (χ1) is 13.9. The molecule has 0 spiro atoms. The van der Waals surface area contributed by atoms with Crippen LogP contribution in [-0.2, 0) is 0 Å². The lowest BCUT2D eigenvalue weighted by Gasteiger charge is -2.18. The normalized spacial score (nSPS) is 12.2. The number of nitrogens with one attached hydrogen (secondary N) is 1. The molecular formula is C23H16BrNO4. The van der Waals surface area contributed by atoms with Crippen molar-refractivity contribution < 1.29 is 19.1 Å². The van der Waals surface area contributed by atoms with Crippen molar-refractivity contribution in [1.82, 2.24) is 0 Å². The molecule has 0 bridgehead atoms. The fourth-order valence-electron chi connectivity index (χ4n) is 3.55. The maximum atomic E-state index is 12.9. The summed E-state index contributed by atoms with van der Waals surface area (Å²) in [5, 5.41) is 2.79. The number of anilines is 1. The molecule has 4 rings (SSSR count). The molecule has 0 aliphatic heterocycles. The molecular weight excluding hydrogens is 434 g/mol. The Kier molecular flexibility index (Phi) is 4.80. The third-order valence-corrected chi connectivity index (χ3v) is 5.33. The number of ketones is 2. The highest BCUT2D eigenvalue weighted by atomic mass is 79.9. The van der Waals surface area contributed by atoms with Gasteiger partial charge in [-0.1, -0.05) is 40.2 Å². The van der Waals surface area contributed by atoms with Crippen LogP contribution in [0, 0.1) is 6.92 Å². The maximum Gasteiger partial charge on any atom is 0.259 e. The van der Waals surface area contributed by atoms with E-state index in [4.69, 9.17) is 4.74 Å². The van der Waals surface area contributed by atoms with Crippen molar-refractivity contribution in [3.8, 4) is 5.75 Å². The van der Waals surface area contributed by atoms with Gasteiger partial charge in [0.2, 0.25) is 0 Å². The molecule has 0 atom stereocenters. The van der Waals surface area contributed by atoms with E-state index in [1.807, 2.05) is 13.0 Å². The Balaban J connectivity index is 1.70. The van der Waals surface area contributed by atoms with Crippen molar-refractivity contribution in [3.63, 3.8) is 0 Å². The summed E-state index contributed by atoms with van der Waals surface area (Å²) < 4.78 is 6.12. The predicted octanol–water partition coefficient (Wildman–Crippen LogP) is 4.79. The fraction of sp³-hybridized carbons (Fsp3) is 0.0870. The number of halogens is 1. The van der Waals surface area contributed by atoms with Crippen LogP contribution in [0.15, 0.2) is 59.1 Å². The Morgan fingerprint density at radius 1 is 0.897 bits per heavy atom. The van der Waals surface area contributed by atoms with Crippen LogP contribution in [0.2, 0.25) is 0 Å². The Bertz CT molecular complexity index is 1200. The van der Waals surface area contributed by atoms with Crippen molar-refractivity contribution >= 4 is 39.1 Å². The molecule has 3 aromatic rings. The Labute approximate surface area is 175 Å². The van der Waals surface area contributed by atoms with Gasteiger partial charge >= 0.3 is 0 Å². The maximum absolute atomic E-state index is 12.9. The van der Waals surface area contributed by atoms with Crippen LogP contribution in [0.1, 0.15) is 47.8 Å². The van der Waals surface area contributed by atoms with Gasteiger partial charge in [0, 0.05) is 32.4 Å². The van der Waals surface area contributed by atoms with Crippen LogP contribution in [0.5, 0.6) is 5.75 Å². The number of hydrogen-bond donors (Lipinski definition) is 1. The van der Waals surface area contributed by atoms with Gasteiger partial charge in [0.1, 0.15) is 5.75 Å². The van der Waals surface area contributed by atoms with E-state index in [2.05, 4.69) is 21.2 Å². The summed E-state index contributed by atoms with van der Waals surface area (Å²) in [6.07, 6.45) is 0. The molecule has 29 heavy (non-hydrogen) atoms. The second kappa shape index (κ2) is 7.29. The second-order valence-electron chi connectivity index (χ2n) is 6.72. The zero-order valence-corrected chi connectivity index (χ0v) is 17.3. The Morgan fingerprint density at radius 2 is 1.52 bits per heavy atom. The summed E-state index contributed by atoms with van der Waals surface area (Å²) in [7, 11) is 1.51. The molecule has 0 fully saturated rings. The van der Waals surface area contributed by atoms with E-state index in [1.54, 1.807) is 48.5 Å². The van der Waals surface area contributed by atoms with E-state index in [1.165, 1.54) is 7.11 Å². The first-order valence-corrected chi connectivity index (χ1v) is 9.68. The third-order valence-electron chi connectivity index (χ3n) is 4.87. The zero-order valence-electron chi connectivity index (χ0n) is 15.7. The van der Waals surface area contributed by atoms with Crippen molar-refractivity contribution in [3.05, 3.63) is 92.5 Å². The summed E-state index contributed by atoms with van der Waals surface area (Å²) in [4.78, 5) is 38.4. The van der Waals surface area contributed by atoms with E-state index in [0.717, 1.165) is 10.0 Å². The van der Waals surface area contributed by atoms with Crippen LogP contribution in [0.25, 0.3) is 0 Å². The van der Waals surface area contributed by atoms with Crippen molar-refractivity contribution in [1.29, 1.82) is 0 Å². The van der Waals surface area contributed by atoms with Gasteiger partial charge in [0.05, 0.1) is 12.7 Å². The molecule has 1 aliphatic rings. The van der Waals surface area contributed by atoms with Gasteiger partial charge < -0.3 is 10.1 Å². The molecule has 144 valence electrons. The number of hydrogen-bond acceptors (Lipinski definition) is 4. The molecule has 0 aromatic heterocycles. The minimum atomic E-state index is -0.374. The predicted molar refractivity (Wildman–Crippen MR) is 113 cm³/mol. The molecule has 0 saturated carbocycles. The largest absolute Gasteiger partial charge is 0.496 e.